The summed E-state index contributed by atoms with van der Waals surface area (Å²) in [6.45, 7) is 6.52. The van der Waals surface area contributed by atoms with Crippen molar-refractivity contribution in [2.75, 3.05) is 13.2 Å². The number of esters is 3. The van der Waals surface area contributed by atoms with Gasteiger partial charge in [-0.1, -0.05) is 298 Å². The molecule has 0 aromatic heterocycles. The van der Waals surface area contributed by atoms with Gasteiger partial charge in [-0.25, -0.2) is 0 Å². The lowest BCUT2D eigenvalue weighted by Crippen LogP contribution is -2.30. The summed E-state index contributed by atoms with van der Waals surface area (Å²) in [5, 5.41) is 0. The summed E-state index contributed by atoms with van der Waals surface area (Å²) < 4.78 is 16.9. The van der Waals surface area contributed by atoms with Crippen LogP contribution in [0.15, 0.2) is 97.2 Å². The third-order valence-electron chi connectivity index (χ3n) is 14.3. The Morgan fingerprint density at radius 1 is 0.269 bits per heavy atom. The molecule has 0 aliphatic carbocycles. The van der Waals surface area contributed by atoms with Crippen molar-refractivity contribution in [2.45, 2.75) is 329 Å². The monoisotopic (exact) mass is 1080 g/mol. The third-order valence-corrected chi connectivity index (χ3v) is 14.3. The smallest absolute Gasteiger partial charge is 0.306 e. The lowest BCUT2D eigenvalue weighted by Gasteiger charge is -2.18. The van der Waals surface area contributed by atoms with Gasteiger partial charge in [0.1, 0.15) is 13.2 Å². The second-order valence-electron chi connectivity index (χ2n) is 22.0. The number of rotatable bonds is 60. The summed E-state index contributed by atoms with van der Waals surface area (Å²) in [7, 11) is 0. The summed E-state index contributed by atoms with van der Waals surface area (Å²) in [4.78, 5) is 38.3. The zero-order valence-electron chi connectivity index (χ0n) is 51.4. The number of allylic oxidation sites excluding steroid dienone is 16. The highest BCUT2D eigenvalue weighted by atomic mass is 16.6. The van der Waals surface area contributed by atoms with E-state index in [1.807, 2.05) is 0 Å². The van der Waals surface area contributed by atoms with Crippen molar-refractivity contribution in [1.29, 1.82) is 0 Å². The summed E-state index contributed by atoms with van der Waals surface area (Å²) in [6, 6.07) is 0. The van der Waals surface area contributed by atoms with Gasteiger partial charge in [0.15, 0.2) is 6.10 Å². The topological polar surface area (TPSA) is 78.9 Å². The van der Waals surface area contributed by atoms with Crippen LogP contribution in [-0.4, -0.2) is 37.2 Å². The molecule has 78 heavy (non-hydrogen) atoms. The molecule has 1 unspecified atom stereocenters. The van der Waals surface area contributed by atoms with Crippen LogP contribution >= 0.6 is 0 Å². The van der Waals surface area contributed by atoms with Crippen LogP contribution in [0.3, 0.4) is 0 Å². The van der Waals surface area contributed by atoms with Gasteiger partial charge < -0.3 is 14.2 Å². The summed E-state index contributed by atoms with van der Waals surface area (Å²) in [6.07, 6.45) is 88.5. The molecule has 0 spiro atoms. The molecular weight excluding hydrogens is 961 g/mol. The quantitative estimate of drug-likeness (QED) is 0.0261. The molecule has 0 saturated heterocycles. The first kappa shape index (κ1) is 74.3. The third kappa shape index (κ3) is 63.2. The predicted octanol–water partition coefficient (Wildman–Crippen LogP) is 22.8. The number of carbonyl (C=O) groups excluding carboxylic acids is 3. The minimum absolute atomic E-state index is 0.0786. The standard InChI is InChI=1S/C72H124O6/c1-4-7-10-13-16-19-22-24-26-28-30-32-34-35-36-37-39-40-42-44-46-48-50-53-56-59-62-65-71(74)77-68-69(67-76-70(73)64-61-58-55-52-21-18-15-12-9-6-3)78-72(75)66-63-60-57-54-51-49-47-45-43-41-38-33-31-29-27-25-23-20-17-14-11-8-5-2/h7,10,16,19,23-26,29-32,35-36,38,41,69H,4-6,8-9,11-15,17-18,20-22,27-28,33-34,37,39-40,42-68H2,1-3H3/b10-7-,19-16-,25-23-,26-24-,31-29-,32-30-,36-35-,41-38-. The summed E-state index contributed by atoms with van der Waals surface area (Å²) in [5.74, 6) is -0.879. The van der Waals surface area contributed by atoms with Crippen molar-refractivity contribution in [2.24, 2.45) is 0 Å². The summed E-state index contributed by atoms with van der Waals surface area (Å²) >= 11 is 0. The first-order chi connectivity index (χ1) is 38.5. The minimum Gasteiger partial charge on any atom is -0.462 e. The average Bonchev–Trinajstić information content (AvgIpc) is 3.44. The molecule has 6 heteroatoms. The zero-order valence-corrected chi connectivity index (χ0v) is 51.4. The van der Waals surface area contributed by atoms with Gasteiger partial charge in [-0.05, 0) is 103 Å². The Labute approximate surface area is 483 Å². The van der Waals surface area contributed by atoms with E-state index >= 15 is 0 Å². The van der Waals surface area contributed by atoms with Crippen molar-refractivity contribution in [1.82, 2.24) is 0 Å². The zero-order chi connectivity index (χ0) is 56.4. The molecule has 0 heterocycles. The van der Waals surface area contributed by atoms with Crippen LogP contribution in [0, 0.1) is 0 Å². The van der Waals surface area contributed by atoms with E-state index in [-0.39, 0.29) is 31.1 Å². The van der Waals surface area contributed by atoms with Crippen LogP contribution in [0.25, 0.3) is 0 Å². The van der Waals surface area contributed by atoms with E-state index < -0.39 is 6.10 Å². The number of hydrogen-bond acceptors (Lipinski definition) is 6. The van der Waals surface area contributed by atoms with Crippen molar-refractivity contribution >= 4 is 17.9 Å². The lowest BCUT2D eigenvalue weighted by atomic mass is 10.0. The van der Waals surface area contributed by atoms with Gasteiger partial charge in [-0.15, -0.1) is 0 Å². The van der Waals surface area contributed by atoms with Crippen LogP contribution < -0.4 is 0 Å². The molecule has 0 rings (SSSR count). The Hall–Kier alpha value is -3.67. The normalized spacial score (nSPS) is 12.7. The van der Waals surface area contributed by atoms with E-state index in [2.05, 4.69) is 118 Å². The van der Waals surface area contributed by atoms with Crippen LogP contribution in [-0.2, 0) is 28.6 Å². The largest absolute Gasteiger partial charge is 0.462 e. The highest BCUT2D eigenvalue weighted by Crippen LogP contribution is 2.16. The molecule has 0 aliphatic rings. The van der Waals surface area contributed by atoms with Crippen molar-refractivity contribution in [3.05, 3.63) is 97.2 Å². The molecule has 6 nitrogen and oxygen atoms in total. The maximum Gasteiger partial charge on any atom is 0.306 e. The fourth-order valence-corrected chi connectivity index (χ4v) is 9.36. The van der Waals surface area contributed by atoms with E-state index in [1.54, 1.807) is 0 Å². The maximum atomic E-state index is 12.9. The molecule has 0 N–H and O–H groups in total. The fraction of sp³-hybridized carbons (Fsp3) is 0.736. The molecule has 448 valence electrons. The molecule has 0 saturated carbocycles. The second-order valence-corrected chi connectivity index (χ2v) is 22.0. The molecule has 1 atom stereocenters. The Bertz CT molecular complexity index is 1530. The first-order valence-electron chi connectivity index (χ1n) is 33.2. The van der Waals surface area contributed by atoms with E-state index in [1.165, 1.54) is 173 Å². The van der Waals surface area contributed by atoms with Gasteiger partial charge in [0, 0.05) is 19.3 Å². The van der Waals surface area contributed by atoms with Gasteiger partial charge in [0.05, 0.1) is 0 Å². The van der Waals surface area contributed by atoms with E-state index in [0.717, 1.165) is 109 Å². The number of unbranched alkanes of at least 4 members (excludes halogenated alkanes) is 33. The van der Waals surface area contributed by atoms with E-state index in [0.29, 0.717) is 19.3 Å². The molecular formula is C72H124O6. The molecule has 0 amide bonds. The van der Waals surface area contributed by atoms with Gasteiger partial charge >= 0.3 is 17.9 Å². The number of carbonyl (C=O) groups is 3. The first-order valence-corrected chi connectivity index (χ1v) is 33.2. The predicted molar refractivity (Wildman–Crippen MR) is 339 cm³/mol. The Morgan fingerprint density at radius 2 is 0.500 bits per heavy atom. The van der Waals surface area contributed by atoms with Crippen LogP contribution in [0.1, 0.15) is 323 Å². The van der Waals surface area contributed by atoms with Crippen LogP contribution in [0.4, 0.5) is 0 Å². The van der Waals surface area contributed by atoms with E-state index in [9.17, 15) is 14.4 Å². The Balaban J connectivity index is 4.25. The van der Waals surface area contributed by atoms with Crippen LogP contribution in [0.2, 0.25) is 0 Å². The van der Waals surface area contributed by atoms with Crippen molar-refractivity contribution in [3.63, 3.8) is 0 Å². The van der Waals surface area contributed by atoms with E-state index in [4.69, 9.17) is 14.2 Å². The second kappa shape index (κ2) is 65.8. The van der Waals surface area contributed by atoms with Gasteiger partial charge in [0.2, 0.25) is 0 Å². The van der Waals surface area contributed by atoms with Crippen LogP contribution in [0.5, 0.6) is 0 Å². The molecule has 0 bridgehead atoms. The molecule has 0 aliphatic heterocycles. The fourth-order valence-electron chi connectivity index (χ4n) is 9.36. The van der Waals surface area contributed by atoms with Crippen molar-refractivity contribution < 1.29 is 28.6 Å². The maximum absolute atomic E-state index is 12.9. The van der Waals surface area contributed by atoms with Crippen molar-refractivity contribution in [3.8, 4) is 0 Å². The highest BCUT2D eigenvalue weighted by Gasteiger charge is 2.19. The summed E-state index contributed by atoms with van der Waals surface area (Å²) in [5.41, 5.74) is 0. The SMILES string of the molecule is CC/C=C\C/C=C\C/C=C\C/C=C\C/C=C\CCCCCCCCCCCCCC(=O)OCC(COC(=O)CCCCCCCCCCCC)OC(=O)CCCCCCCCCC/C=C\C/C=C\C/C=C\CCCCCCC. The Kier molecular flexibility index (Phi) is 62.7. The molecule has 0 fully saturated rings. The molecule has 0 radical (unpaired) electrons. The number of hydrogen-bond donors (Lipinski definition) is 0. The lowest BCUT2D eigenvalue weighted by molar-refractivity contribution is -0.167. The molecule has 0 aromatic rings. The number of ether oxygens (including phenoxy) is 3. The minimum atomic E-state index is -0.782. The Morgan fingerprint density at radius 3 is 0.782 bits per heavy atom. The van der Waals surface area contributed by atoms with Gasteiger partial charge in [0.25, 0.3) is 0 Å². The van der Waals surface area contributed by atoms with Gasteiger partial charge in [-0.2, -0.15) is 0 Å². The highest BCUT2D eigenvalue weighted by molar-refractivity contribution is 5.71. The van der Waals surface area contributed by atoms with Gasteiger partial charge in [-0.3, -0.25) is 14.4 Å². The average molecular weight is 1090 g/mol. The molecule has 0 aromatic carbocycles.